The zero-order valence-electron chi connectivity index (χ0n) is 15.5. The van der Waals surface area contributed by atoms with Crippen LogP contribution in [0.25, 0.3) is 0 Å². The first-order valence-electron chi connectivity index (χ1n) is 9.89. The monoisotopic (exact) mass is 302 g/mol. The van der Waals surface area contributed by atoms with Gasteiger partial charge in [0.1, 0.15) is 0 Å². The average molecular weight is 303 g/mol. The minimum absolute atomic E-state index is 0.515. The van der Waals surface area contributed by atoms with E-state index in [1.54, 1.807) is 0 Å². The molecule has 2 atom stereocenters. The van der Waals surface area contributed by atoms with Gasteiger partial charge in [-0.3, -0.25) is 0 Å². The predicted molar refractivity (Wildman–Crippen MR) is 99.0 cm³/mol. The first-order chi connectivity index (χ1) is 10.5. The second kappa shape index (κ2) is 8.37. The van der Waals surface area contributed by atoms with Crippen molar-refractivity contribution in [2.75, 3.05) is 0 Å². The van der Waals surface area contributed by atoms with Gasteiger partial charge in [-0.15, -0.1) is 0 Å². The molecule has 0 aromatic rings. The van der Waals surface area contributed by atoms with Gasteiger partial charge < -0.3 is 0 Å². The maximum Gasteiger partial charge on any atom is -0.00478 e. The van der Waals surface area contributed by atoms with Gasteiger partial charge in [0.15, 0.2) is 0 Å². The molecule has 0 nitrogen and oxygen atoms in total. The van der Waals surface area contributed by atoms with Crippen molar-refractivity contribution in [2.45, 2.75) is 91.9 Å². The topological polar surface area (TPSA) is 0 Å². The van der Waals surface area contributed by atoms with E-state index in [-0.39, 0.29) is 0 Å². The van der Waals surface area contributed by atoms with Gasteiger partial charge in [-0.2, -0.15) is 0 Å². The molecule has 0 amide bonds. The molecule has 2 rings (SSSR count). The number of hydrogen-bond acceptors (Lipinski definition) is 0. The predicted octanol–water partition coefficient (Wildman–Crippen LogP) is 7.31. The van der Waals surface area contributed by atoms with E-state index in [1.165, 1.54) is 64.2 Å². The fraction of sp³-hybridized carbons (Fsp3) is 0.818. The third-order valence-electron chi connectivity index (χ3n) is 5.93. The second-order valence-corrected chi connectivity index (χ2v) is 8.69. The quantitative estimate of drug-likeness (QED) is 0.432. The lowest BCUT2D eigenvalue weighted by Crippen LogP contribution is -2.31. The van der Waals surface area contributed by atoms with Crippen LogP contribution in [-0.4, -0.2) is 0 Å². The first kappa shape index (κ1) is 17.8. The van der Waals surface area contributed by atoms with Gasteiger partial charge >= 0.3 is 0 Å². The van der Waals surface area contributed by atoms with Crippen molar-refractivity contribution in [3.63, 3.8) is 0 Å². The molecule has 0 heterocycles. The summed E-state index contributed by atoms with van der Waals surface area (Å²) in [4.78, 5) is 0. The molecular weight excluding hydrogens is 264 g/mol. The maximum absolute atomic E-state index is 2.67. The van der Waals surface area contributed by atoms with Gasteiger partial charge in [-0.05, 0) is 74.5 Å². The van der Waals surface area contributed by atoms with Crippen molar-refractivity contribution in [3.8, 4) is 0 Å². The lowest BCUT2D eigenvalue weighted by atomic mass is 9.61. The number of rotatable bonds is 7. The summed E-state index contributed by atoms with van der Waals surface area (Å²) in [6, 6.07) is 0. The van der Waals surface area contributed by atoms with E-state index in [0.717, 1.165) is 17.8 Å². The van der Waals surface area contributed by atoms with Crippen LogP contribution in [0.5, 0.6) is 0 Å². The smallest absolute Gasteiger partial charge is 0.00478 e. The summed E-state index contributed by atoms with van der Waals surface area (Å²) in [5, 5.41) is 0. The highest BCUT2D eigenvalue weighted by Crippen LogP contribution is 2.50. The van der Waals surface area contributed by atoms with E-state index in [2.05, 4.69) is 45.9 Å². The van der Waals surface area contributed by atoms with E-state index in [1.807, 2.05) is 5.57 Å². The lowest BCUT2D eigenvalue weighted by Gasteiger charge is -2.43. The second-order valence-electron chi connectivity index (χ2n) is 8.69. The molecule has 0 saturated heterocycles. The molecule has 0 spiro atoms. The molecule has 22 heavy (non-hydrogen) atoms. The SMILES string of the molecule is CC(C)CCC1CCCC=C1C1(CCC(C)C)CC=CCC1. The zero-order chi connectivity index (χ0) is 16.0. The Kier molecular flexibility index (Phi) is 6.78. The van der Waals surface area contributed by atoms with E-state index in [4.69, 9.17) is 0 Å². The van der Waals surface area contributed by atoms with Gasteiger partial charge in [-0.25, -0.2) is 0 Å². The van der Waals surface area contributed by atoms with Crippen molar-refractivity contribution < 1.29 is 0 Å². The van der Waals surface area contributed by atoms with Crippen LogP contribution in [0.2, 0.25) is 0 Å². The van der Waals surface area contributed by atoms with Crippen LogP contribution in [0, 0.1) is 23.2 Å². The Balaban J connectivity index is 2.16. The first-order valence-corrected chi connectivity index (χ1v) is 9.89. The van der Waals surface area contributed by atoms with Crippen molar-refractivity contribution in [1.82, 2.24) is 0 Å². The standard InChI is InChI=1S/C22H38/c1-18(2)12-13-20-10-6-7-11-21(20)22(17-14-19(3)4)15-8-5-9-16-22/h5,8,11,18-20H,6-7,9-10,12-17H2,1-4H3. The molecule has 2 aliphatic carbocycles. The van der Waals surface area contributed by atoms with E-state index in [0.29, 0.717) is 5.41 Å². The maximum atomic E-state index is 2.67. The summed E-state index contributed by atoms with van der Waals surface area (Å²) in [5.74, 6) is 2.57. The molecule has 0 radical (unpaired) electrons. The molecule has 0 N–H and O–H groups in total. The molecule has 0 heteroatoms. The molecule has 0 fully saturated rings. The van der Waals surface area contributed by atoms with Crippen LogP contribution in [-0.2, 0) is 0 Å². The Morgan fingerprint density at radius 1 is 1.05 bits per heavy atom. The Labute approximate surface area is 139 Å². The highest BCUT2D eigenvalue weighted by Gasteiger charge is 2.37. The minimum Gasteiger partial charge on any atom is -0.0885 e. The Bertz CT molecular complexity index is 385. The summed E-state index contributed by atoms with van der Waals surface area (Å²) >= 11 is 0. The molecule has 2 aliphatic rings. The van der Waals surface area contributed by atoms with E-state index >= 15 is 0 Å². The summed E-state index contributed by atoms with van der Waals surface area (Å²) in [6.07, 6.45) is 21.4. The van der Waals surface area contributed by atoms with Crippen LogP contribution in [0.3, 0.4) is 0 Å². The van der Waals surface area contributed by atoms with Gasteiger partial charge in [0.05, 0.1) is 0 Å². The van der Waals surface area contributed by atoms with E-state index in [9.17, 15) is 0 Å². The molecule has 0 aromatic heterocycles. The minimum atomic E-state index is 0.515. The average Bonchev–Trinajstić information content (AvgIpc) is 2.52. The fourth-order valence-electron chi connectivity index (χ4n) is 4.51. The fourth-order valence-corrected chi connectivity index (χ4v) is 4.51. The van der Waals surface area contributed by atoms with Crippen LogP contribution >= 0.6 is 0 Å². The third kappa shape index (κ3) is 4.74. The van der Waals surface area contributed by atoms with Crippen LogP contribution in [0.1, 0.15) is 91.9 Å². The number of allylic oxidation sites excluding steroid dienone is 4. The summed E-state index contributed by atoms with van der Waals surface area (Å²) in [6.45, 7) is 9.53. The molecule has 0 saturated carbocycles. The molecule has 2 unspecified atom stereocenters. The van der Waals surface area contributed by atoms with Crippen molar-refractivity contribution in [3.05, 3.63) is 23.8 Å². The van der Waals surface area contributed by atoms with Crippen molar-refractivity contribution >= 4 is 0 Å². The zero-order valence-corrected chi connectivity index (χ0v) is 15.5. The lowest BCUT2D eigenvalue weighted by molar-refractivity contribution is 0.228. The Morgan fingerprint density at radius 2 is 1.82 bits per heavy atom. The molecule has 0 aliphatic heterocycles. The summed E-state index contributed by atoms with van der Waals surface area (Å²) in [5.41, 5.74) is 2.39. The molecule has 0 aromatic carbocycles. The molecular formula is C22H38. The Morgan fingerprint density at radius 3 is 2.45 bits per heavy atom. The largest absolute Gasteiger partial charge is 0.0885 e. The van der Waals surface area contributed by atoms with Crippen molar-refractivity contribution in [1.29, 1.82) is 0 Å². The Hall–Kier alpha value is -0.520. The summed E-state index contributed by atoms with van der Waals surface area (Å²) < 4.78 is 0. The van der Waals surface area contributed by atoms with Gasteiger partial charge in [0, 0.05) is 0 Å². The van der Waals surface area contributed by atoms with Gasteiger partial charge in [0.2, 0.25) is 0 Å². The summed E-state index contributed by atoms with van der Waals surface area (Å²) in [7, 11) is 0. The third-order valence-corrected chi connectivity index (χ3v) is 5.93. The van der Waals surface area contributed by atoms with Crippen LogP contribution < -0.4 is 0 Å². The van der Waals surface area contributed by atoms with Gasteiger partial charge in [-0.1, -0.05) is 64.3 Å². The van der Waals surface area contributed by atoms with E-state index < -0.39 is 0 Å². The molecule has 0 bridgehead atoms. The normalized spacial score (nSPS) is 29.2. The van der Waals surface area contributed by atoms with Crippen molar-refractivity contribution in [2.24, 2.45) is 23.2 Å². The molecule has 126 valence electrons. The highest BCUT2D eigenvalue weighted by atomic mass is 14.4. The van der Waals surface area contributed by atoms with Gasteiger partial charge in [0.25, 0.3) is 0 Å². The number of hydrogen-bond donors (Lipinski definition) is 0. The highest BCUT2D eigenvalue weighted by molar-refractivity contribution is 5.23. The van der Waals surface area contributed by atoms with Crippen LogP contribution in [0.4, 0.5) is 0 Å². The van der Waals surface area contributed by atoms with Crippen LogP contribution in [0.15, 0.2) is 23.8 Å².